The summed E-state index contributed by atoms with van der Waals surface area (Å²) in [5.41, 5.74) is -5.57. The molecule has 0 spiro atoms. The fourth-order valence-corrected chi connectivity index (χ4v) is 8.69. The summed E-state index contributed by atoms with van der Waals surface area (Å²) < 4.78 is 95.8. The van der Waals surface area contributed by atoms with E-state index in [-0.39, 0.29) is 40.8 Å². The number of carbonyl (C=O) groups is 3. The van der Waals surface area contributed by atoms with Crippen molar-refractivity contribution in [1.29, 1.82) is 0 Å². The van der Waals surface area contributed by atoms with Crippen LogP contribution in [0.25, 0.3) is 10.9 Å². The van der Waals surface area contributed by atoms with Crippen molar-refractivity contribution in [3.8, 4) is 0 Å². The van der Waals surface area contributed by atoms with Gasteiger partial charge in [-0.2, -0.15) is 26.3 Å². The summed E-state index contributed by atoms with van der Waals surface area (Å²) in [6, 6.07) is 6.75. The minimum atomic E-state index is -5.09. The number of amides is 3. The number of hydrogen-bond donors (Lipinski definition) is 5. The second kappa shape index (κ2) is 15.2. The fourth-order valence-electron chi connectivity index (χ4n) is 6.18. The largest absolute Gasteiger partial charge is 0.439 e. The fraction of sp³-hybridized carbons (Fsp3) is 0.455. The first-order valence-corrected chi connectivity index (χ1v) is 19.3. The number of thioether (sulfide) groups is 1. The van der Waals surface area contributed by atoms with Gasteiger partial charge in [0.05, 0.1) is 34.3 Å². The predicted octanol–water partition coefficient (Wildman–Crippen LogP) is 5.93. The van der Waals surface area contributed by atoms with Crippen molar-refractivity contribution in [2.75, 3.05) is 5.75 Å². The first-order valence-electron chi connectivity index (χ1n) is 15.8. The predicted molar refractivity (Wildman–Crippen MR) is 198 cm³/mol. The quantitative estimate of drug-likeness (QED) is 0.0977. The Hall–Kier alpha value is -2.66. The van der Waals surface area contributed by atoms with E-state index in [1.165, 1.54) is 30.3 Å². The third-order valence-electron chi connectivity index (χ3n) is 8.96. The van der Waals surface area contributed by atoms with Crippen LogP contribution >= 0.6 is 56.9 Å². The number of rotatable bonds is 10. The summed E-state index contributed by atoms with van der Waals surface area (Å²) in [6.07, 6.45) is -10.7. The molecule has 0 saturated carbocycles. The minimum Gasteiger partial charge on any atom is -0.361 e. The first-order chi connectivity index (χ1) is 24.2. The highest BCUT2D eigenvalue weighted by molar-refractivity contribution is 14.1. The van der Waals surface area contributed by atoms with Crippen molar-refractivity contribution in [2.24, 2.45) is 4.99 Å². The normalized spacial score (nSPS) is 22.9. The smallest absolute Gasteiger partial charge is 0.361 e. The van der Waals surface area contributed by atoms with Gasteiger partial charge in [-0.05, 0) is 36.1 Å². The minimum absolute atomic E-state index is 0.00686. The molecule has 52 heavy (non-hydrogen) atoms. The standard InChI is InChI=1S/C33H32F7I2N5O4S/c1-15(41)24(44-23(48)12-17-6-3-4-9-21(17)34)27(49)46-30(29(50)45-25(16(2)42)28-47-31(51,14-52-28)33(38,39)40)11-10-22-19(13-30)18-7-5-8-20(26(18)43-22)32(35,36)37/h3-9,15-16,24-25,43,51H,10-14H2,1-2H3,(H,44,48)(H,45,50)(H,46,49)/t15-,16-,24+,25+,30-,31?/m1/s1. The van der Waals surface area contributed by atoms with E-state index in [1.807, 2.05) is 45.2 Å². The number of alkyl halides is 8. The van der Waals surface area contributed by atoms with E-state index in [0.29, 0.717) is 23.0 Å². The van der Waals surface area contributed by atoms with Crippen molar-refractivity contribution in [3.05, 3.63) is 70.7 Å². The number of nitrogens with one attached hydrogen (secondary N) is 4. The molecule has 2 aromatic carbocycles. The van der Waals surface area contributed by atoms with Gasteiger partial charge in [-0.15, -0.1) is 11.8 Å². The van der Waals surface area contributed by atoms with Crippen LogP contribution in [0.4, 0.5) is 30.7 Å². The van der Waals surface area contributed by atoms with Crippen LogP contribution in [0.3, 0.4) is 0 Å². The molecule has 3 aromatic rings. The van der Waals surface area contributed by atoms with Gasteiger partial charge in [0.2, 0.25) is 17.7 Å². The van der Waals surface area contributed by atoms with Crippen LogP contribution in [0.2, 0.25) is 0 Å². The molecule has 0 bridgehead atoms. The highest BCUT2D eigenvalue weighted by Gasteiger charge is 2.58. The average molecular weight is 982 g/mol. The Kier molecular flexibility index (Phi) is 11.9. The van der Waals surface area contributed by atoms with Crippen molar-refractivity contribution in [2.45, 2.75) is 83.1 Å². The van der Waals surface area contributed by atoms with Crippen LogP contribution < -0.4 is 16.0 Å². The number of aromatic nitrogens is 1. The van der Waals surface area contributed by atoms with Crippen molar-refractivity contribution >= 4 is 90.6 Å². The Morgan fingerprint density at radius 1 is 1.02 bits per heavy atom. The van der Waals surface area contributed by atoms with E-state index in [4.69, 9.17) is 0 Å². The second-order valence-corrected chi connectivity index (χ2v) is 17.7. The Morgan fingerprint density at radius 3 is 2.31 bits per heavy atom. The lowest BCUT2D eigenvalue weighted by Gasteiger charge is -2.39. The number of fused-ring (bicyclic) bond motifs is 3. The maximum absolute atomic E-state index is 14.5. The lowest BCUT2D eigenvalue weighted by atomic mass is 9.78. The monoisotopic (exact) mass is 981 g/mol. The summed E-state index contributed by atoms with van der Waals surface area (Å²) in [4.78, 5) is 47.9. The Morgan fingerprint density at radius 2 is 1.71 bits per heavy atom. The van der Waals surface area contributed by atoms with Crippen LogP contribution in [0.5, 0.6) is 0 Å². The topological polar surface area (TPSA) is 136 Å². The summed E-state index contributed by atoms with van der Waals surface area (Å²) in [5, 5.41) is 18.2. The Bertz CT molecular complexity index is 1900. The number of H-pyrrole nitrogens is 1. The van der Waals surface area contributed by atoms with E-state index in [1.54, 1.807) is 19.9 Å². The lowest BCUT2D eigenvalue weighted by molar-refractivity contribution is -0.245. The molecule has 19 heteroatoms. The van der Waals surface area contributed by atoms with Gasteiger partial charge < -0.3 is 26.0 Å². The van der Waals surface area contributed by atoms with Gasteiger partial charge in [-0.3, -0.25) is 14.4 Å². The molecule has 1 aromatic heterocycles. The lowest BCUT2D eigenvalue weighted by Crippen LogP contribution is -2.67. The van der Waals surface area contributed by atoms with E-state index in [2.05, 4.69) is 25.9 Å². The van der Waals surface area contributed by atoms with E-state index in [0.717, 1.165) is 6.07 Å². The number of aliphatic imine (C=N–C) groups is 1. The zero-order valence-corrected chi connectivity index (χ0v) is 32.4. The zero-order valence-electron chi connectivity index (χ0n) is 27.3. The first kappa shape index (κ1) is 40.5. The van der Waals surface area contributed by atoms with Crippen LogP contribution in [-0.2, 0) is 39.8 Å². The zero-order chi connectivity index (χ0) is 38.4. The van der Waals surface area contributed by atoms with Crippen LogP contribution in [0.1, 0.15) is 42.7 Å². The van der Waals surface area contributed by atoms with Gasteiger partial charge >= 0.3 is 12.4 Å². The molecule has 3 amide bonds. The van der Waals surface area contributed by atoms with Gasteiger partial charge in [-0.25, -0.2) is 9.38 Å². The molecule has 0 saturated heterocycles. The summed E-state index contributed by atoms with van der Waals surface area (Å²) in [5.74, 6) is -3.84. The van der Waals surface area contributed by atoms with Crippen LogP contribution in [0.15, 0.2) is 47.5 Å². The molecule has 5 rings (SSSR count). The van der Waals surface area contributed by atoms with Crippen molar-refractivity contribution in [1.82, 2.24) is 20.9 Å². The SMILES string of the molecule is C[C@@H](I)[C@H](NC(=O)Cc1ccccc1F)C(=O)N[C@]1(C(=O)N[C@H](C2=NC(O)(C(F)(F)F)CS2)[C@@H](C)I)CCc2[nH]c3c(C(F)(F)F)cccc3c2C1. The van der Waals surface area contributed by atoms with E-state index in [9.17, 15) is 50.2 Å². The molecule has 0 fully saturated rings. The number of halogens is 9. The molecule has 9 nitrogen and oxygen atoms in total. The van der Waals surface area contributed by atoms with E-state index >= 15 is 0 Å². The van der Waals surface area contributed by atoms with Crippen molar-refractivity contribution < 1.29 is 50.2 Å². The highest BCUT2D eigenvalue weighted by atomic mass is 127. The molecule has 1 aliphatic carbocycles. The number of hydrogen-bond acceptors (Lipinski definition) is 6. The van der Waals surface area contributed by atoms with Gasteiger partial charge in [0, 0.05) is 25.4 Å². The number of para-hydroxylation sites is 1. The average Bonchev–Trinajstić information content (AvgIpc) is 3.63. The van der Waals surface area contributed by atoms with Crippen LogP contribution in [0, 0.1) is 5.82 Å². The second-order valence-electron chi connectivity index (χ2n) is 12.7. The van der Waals surface area contributed by atoms with Gasteiger partial charge in [0.25, 0.3) is 5.72 Å². The maximum atomic E-state index is 14.5. The molecular weight excluding hydrogens is 949 g/mol. The molecule has 0 radical (unpaired) electrons. The molecule has 2 aliphatic rings. The number of nitrogens with zero attached hydrogens (tertiary/aromatic N) is 1. The molecule has 1 unspecified atom stereocenters. The molecular formula is C33H32F7I2N5O4S. The Balaban J connectivity index is 1.51. The number of aromatic amines is 1. The van der Waals surface area contributed by atoms with Crippen LogP contribution in [-0.4, -0.2) is 76.0 Å². The van der Waals surface area contributed by atoms with Gasteiger partial charge in [-0.1, -0.05) is 89.4 Å². The summed E-state index contributed by atoms with van der Waals surface area (Å²) in [6.45, 7) is 3.21. The number of aliphatic hydroxyl groups is 1. The summed E-state index contributed by atoms with van der Waals surface area (Å²) in [7, 11) is 0. The van der Waals surface area contributed by atoms with Gasteiger partial charge in [0.1, 0.15) is 17.4 Å². The van der Waals surface area contributed by atoms with Gasteiger partial charge in [0.15, 0.2) is 0 Å². The maximum Gasteiger partial charge on any atom is 0.439 e. The molecule has 2 heterocycles. The molecule has 6 atom stereocenters. The number of aryl methyl sites for hydroxylation is 1. The Labute approximate surface area is 324 Å². The molecule has 282 valence electrons. The third kappa shape index (κ3) is 8.35. The highest BCUT2D eigenvalue weighted by Crippen LogP contribution is 2.42. The summed E-state index contributed by atoms with van der Waals surface area (Å²) >= 11 is 4.39. The van der Waals surface area contributed by atoms with Crippen molar-refractivity contribution in [3.63, 3.8) is 0 Å². The van der Waals surface area contributed by atoms with E-state index < -0.39 is 84.8 Å². The molecule has 5 N–H and O–H groups in total. The third-order valence-corrected chi connectivity index (χ3v) is 11.6. The number of benzene rings is 2. The molecule has 1 aliphatic heterocycles. The number of carbonyl (C=O) groups excluding carboxylic acids is 3.